The van der Waals surface area contributed by atoms with Crippen LogP contribution in [0.3, 0.4) is 0 Å². The lowest BCUT2D eigenvalue weighted by Crippen LogP contribution is -2.52. The second-order valence-electron chi connectivity index (χ2n) is 4.87. The zero-order valence-corrected chi connectivity index (χ0v) is 13.4. The molecule has 132 valence electrons. The number of unbranched alkanes of at least 4 members (excludes halogenated alkanes) is 1. The Morgan fingerprint density at radius 3 is 2.42 bits per heavy atom. The molecule has 0 spiro atoms. The van der Waals surface area contributed by atoms with E-state index in [9.17, 15) is 18.8 Å². The average molecular weight is 340 g/mol. The van der Waals surface area contributed by atoms with Gasteiger partial charge in [0.2, 0.25) is 5.91 Å². The molecule has 1 rings (SSSR count). The molecule has 0 radical (unpaired) electrons. The second kappa shape index (κ2) is 10.9. The van der Waals surface area contributed by atoms with Gasteiger partial charge in [-0.25, -0.2) is 9.18 Å². The maximum absolute atomic E-state index is 12.7. The minimum absolute atomic E-state index is 0.0190. The molecule has 0 bridgehead atoms. The molecule has 3 amide bonds. The van der Waals surface area contributed by atoms with Crippen LogP contribution in [0.2, 0.25) is 0 Å². The molecular weight excluding hydrogens is 319 g/mol. The first-order valence-corrected chi connectivity index (χ1v) is 7.49. The highest BCUT2D eigenvalue weighted by molar-refractivity contribution is 5.82. The summed E-state index contributed by atoms with van der Waals surface area (Å²) in [5.41, 5.74) is 7.28. The molecule has 0 saturated heterocycles. The van der Waals surface area contributed by atoms with E-state index in [2.05, 4.69) is 21.7 Å². The van der Waals surface area contributed by atoms with Crippen molar-refractivity contribution in [3.8, 4) is 0 Å². The Kier molecular flexibility index (Phi) is 8.84. The van der Waals surface area contributed by atoms with Crippen molar-refractivity contribution in [2.24, 2.45) is 0 Å². The third kappa shape index (κ3) is 8.69. The van der Waals surface area contributed by atoms with Crippen LogP contribution in [0, 0.1) is 5.82 Å². The zero-order valence-electron chi connectivity index (χ0n) is 13.4. The van der Waals surface area contributed by atoms with E-state index in [4.69, 9.17) is 4.74 Å². The van der Waals surface area contributed by atoms with E-state index < -0.39 is 17.9 Å². The first-order valence-electron chi connectivity index (χ1n) is 7.49. The van der Waals surface area contributed by atoms with Gasteiger partial charge in [-0.05, 0) is 24.1 Å². The van der Waals surface area contributed by atoms with E-state index in [1.54, 1.807) is 0 Å². The average Bonchev–Trinajstić information content (AvgIpc) is 2.55. The molecule has 8 nitrogen and oxygen atoms in total. The van der Waals surface area contributed by atoms with Gasteiger partial charge in [-0.15, -0.1) is 5.53 Å². The van der Waals surface area contributed by atoms with E-state index in [0.717, 1.165) is 12.8 Å². The number of amides is 3. The van der Waals surface area contributed by atoms with E-state index in [1.807, 2.05) is 6.92 Å². The fourth-order valence-corrected chi connectivity index (χ4v) is 1.56. The fraction of sp³-hybridized carbons (Fsp3) is 0.400. The Balaban J connectivity index is 2.12. The lowest BCUT2D eigenvalue weighted by molar-refractivity contribution is -0.124. The number of carbonyl (C=O) groups is 3. The standard InChI is InChI=1S/C15H21FN4O4/c1-2-3-8-24-15(23)17-10-14(22)19-20-18-13(21)9-11-4-6-12(16)7-5-11/h4-7,20H,2-3,8-10H2,1H3,(H,17,23)(H,18,21)(H,19,22). The summed E-state index contributed by atoms with van der Waals surface area (Å²) in [7, 11) is 0. The van der Waals surface area contributed by atoms with Gasteiger partial charge in [0, 0.05) is 0 Å². The molecular formula is C15H21FN4O4. The van der Waals surface area contributed by atoms with Crippen LogP contribution in [0.1, 0.15) is 25.3 Å². The maximum Gasteiger partial charge on any atom is 0.407 e. The van der Waals surface area contributed by atoms with Crippen molar-refractivity contribution in [3.63, 3.8) is 0 Å². The van der Waals surface area contributed by atoms with Gasteiger partial charge in [-0.2, -0.15) is 0 Å². The molecule has 0 heterocycles. The second-order valence-corrected chi connectivity index (χ2v) is 4.87. The highest BCUT2D eigenvalue weighted by Gasteiger charge is 2.07. The van der Waals surface area contributed by atoms with Crippen LogP contribution in [-0.4, -0.2) is 31.1 Å². The quantitative estimate of drug-likeness (QED) is 0.388. The molecule has 0 aliphatic heterocycles. The van der Waals surface area contributed by atoms with Gasteiger partial charge in [0.05, 0.1) is 13.0 Å². The molecule has 1 aromatic rings. The SMILES string of the molecule is CCCCOC(=O)NCC(=O)NNNC(=O)Cc1ccc(F)cc1. The van der Waals surface area contributed by atoms with Gasteiger partial charge in [0.15, 0.2) is 0 Å². The number of rotatable bonds is 9. The number of halogens is 1. The van der Waals surface area contributed by atoms with Crippen molar-refractivity contribution in [1.29, 1.82) is 0 Å². The van der Waals surface area contributed by atoms with Gasteiger partial charge in [-0.3, -0.25) is 20.4 Å². The number of alkyl carbamates (subject to hydrolysis) is 1. The first kappa shape index (κ1) is 19.4. The van der Waals surface area contributed by atoms with Crippen molar-refractivity contribution < 1.29 is 23.5 Å². The Hall–Kier alpha value is -2.68. The summed E-state index contributed by atoms with van der Waals surface area (Å²) in [6.45, 7) is 1.96. The third-order valence-corrected chi connectivity index (χ3v) is 2.81. The first-order chi connectivity index (χ1) is 11.5. The smallest absolute Gasteiger partial charge is 0.407 e. The number of nitrogens with one attached hydrogen (secondary N) is 4. The van der Waals surface area contributed by atoms with Crippen molar-refractivity contribution >= 4 is 17.9 Å². The summed E-state index contributed by atoms with van der Waals surface area (Å²) < 4.78 is 17.5. The van der Waals surface area contributed by atoms with Crippen molar-refractivity contribution in [3.05, 3.63) is 35.6 Å². The molecule has 0 saturated carbocycles. The van der Waals surface area contributed by atoms with E-state index in [-0.39, 0.29) is 18.8 Å². The van der Waals surface area contributed by atoms with Crippen molar-refractivity contribution in [1.82, 2.24) is 21.7 Å². The molecule has 0 aromatic heterocycles. The molecule has 0 aliphatic rings. The lowest BCUT2D eigenvalue weighted by Gasteiger charge is -2.10. The Bertz CT molecular complexity index is 551. The third-order valence-electron chi connectivity index (χ3n) is 2.81. The molecule has 9 heteroatoms. The predicted molar refractivity (Wildman–Crippen MR) is 83.8 cm³/mol. The lowest BCUT2D eigenvalue weighted by atomic mass is 10.1. The predicted octanol–water partition coefficient (Wildman–Crippen LogP) is 0.547. The minimum atomic E-state index is -0.682. The van der Waals surface area contributed by atoms with Gasteiger partial charge < -0.3 is 10.1 Å². The summed E-state index contributed by atoms with van der Waals surface area (Å²) in [5.74, 6) is -1.37. The van der Waals surface area contributed by atoms with Crippen LogP contribution < -0.4 is 21.7 Å². The maximum atomic E-state index is 12.7. The Labute approximate surface area is 139 Å². The molecule has 1 aromatic carbocycles. The minimum Gasteiger partial charge on any atom is -0.450 e. The van der Waals surface area contributed by atoms with Crippen LogP contribution >= 0.6 is 0 Å². The van der Waals surface area contributed by atoms with E-state index in [1.165, 1.54) is 24.3 Å². The number of hydrogen-bond acceptors (Lipinski definition) is 5. The summed E-state index contributed by atoms with van der Waals surface area (Å²) in [4.78, 5) is 34.2. The normalized spacial score (nSPS) is 9.92. The highest BCUT2D eigenvalue weighted by atomic mass is 19.1. The number of hydrazine groups is 2. The van der Waals surface area contributed by atoms with Gasteiger partial charge in [0.25, 0.3) is 5.91 Å². The highest BCUT2D eigenvalue weighted by Crippen LogP contribution is 2.02. The van der Waals surface area contributed by atoms with E-state index in [0.29, 0.717) is 12.2 Å². The molecule has 0 atom stereocenters. The monoisotopic (exact) mass is 340 g/mol. The zero-order chi connectivity index (χ0) is 17.8. The molecule has 0 unspecified atom stereocenters. The van der Waals surface area contributed by atoms with Crippen LogP contribution in [0.15, 0.2) is 24.3 Å². The molecule has 24 heavy (non-hydrogen) atoms. The van der Waals surface area contributed by atoms with Crippen molar-refractivity contribution in [2.75, 3.05) is 13.2 Å². The van der Waals surface area contributed by atoms with Crippen LogP contribution in [0.5, 0.6) is 0 Å². The van der Waals surface area contributed by atoms with Crippen LogP contribution in [-0.2, 0) is 20.7 Å². The number of ether oxygens (including phenoxy) is 1. The Morgan fingerprint density at radius 1 is 1.08 bits per heavy atom. The van der Waals surface area contributed by atoms with Gasteiger partial charge in [0.1, 0.15) is 12.4 Å². The number of carbonyl (C=O) groups excluding carboxylic acids is 3. The van der Waals surface area contributed by atoms with E-state index >= 15 is 0 Å². The summed E-state index contributed by atoms with van der Waals surface area (Å²) in [6.07, 6.45) is 0.987. The summed E-state index contributed by atoms with van der Waals surface area (Å²) in [5, 5.41) is 2.26. The van der Waals surface area contributed by atoms with Crippen LogP contribution in [0.4, 0.5) is 9.18 Å². The molecule has 4 N–H and O–H groups in total. The number of benzene rings is 1. The van der Waals surface area contributed by atoms with Crippen LogP contribution in [0.25, 0.3) is 0 Å². The largest absolute Gasteiger partial charge is 0.450 e. The van der Waals surface area contributed by atoms with Gasteiger partial charge >= 0.3 is 6.09 Å². The topological polar surface area (TPSA) is 109 Å². The van der Waals surface area contributed by atoms with Crippen molar-refractivity contribution in [2.45, 2.75) is 26.2 Å². The van der Waals surface area contributed by atoms with Gasteiger partial charge in [-0.1, -0.05) is 25.5 Å². The molecule has 0 fully saturated rings. The Morgan fingerprint density at radius 2 is 1.75 bits per heavy atom. The summed E-state index contributed by atoms with van der Waals surface area (Å²) in [6, 6.07) is 5.48. The summed E-state index contributed by atoms with van der Waals surface area (Å²) >= 11 is 0. The fourth-order valence-electron chi connectivity index (χ4n) is 1.56. The number of hydrogen-bond donors (Lipinski definition) is 4. The molecule has 0 aliphatic carbocycles.